The summed E-state index contributed by atoms with van der Waals surface area (Å²) in [7, 11) is 1.36. The summed E-state index contributed by atoms with van der Waals surface area (Å²) in [6.45, 7) is 0.506. The number of carbonyl (C=O) groups excluding carboxylic acids is 2. The van der Waals surface area contributed by atoms with Crippen molar-refractivity contribution in [1.29, 1.82) is 0 Å². The van der Waals surface area contributed by atoms with Gasteiger partial charge in [0.05, 0.1) is 25.9 Å². The molecule has 2 fully saturated rings. The average molecular weight is 646 g/mol. The molecule has 2 heterocycles. The number of unbranched alkanes of at least 4 members (excludes halogenated alkanes) is 5. The van der Waals surface area contributed by atoms with E-state index < -0.39 is 80.5 Å². The number of carbonyl (C=O) groups is 2. The summed E-state index contributed by atoms with van der Waals surface area (Å²) in [4.78, 5) is 24.6. The third kappa shape index (κ3) is 10.0. The molecule has 1 amide bonds. The van der Waals surface area contributed by atoms with Crippen LogP contribution in [0.2, 0.25) is 0 Å². The third-order valence-electron chi connectivity index (χ3n) is 7.97. The number of esters is 1. The molecule has 0 aromatic heterocycles. The van der Waals surface area contributed by atoms with Crippen LogP contribution in [0.1, 0.15) is 60.9 Å². The molecular formula is C30H47NO14. The molecule has 2 aliphatic heterocycles. The lowest BCUT2D eigenvalue weighted by atomic mass is 9.95. The number of benzene rings is 1. The van der Waals surface area contributed by atoms with Gasteiger partial charge in [-0.05, 0) is 31.9 Å². The smallest absolute Gasteiger partial charge is 0.305 e. The molecule has 3 rings (SSSR count). The molecule has 1 aromatic carbocycles. The van der Waals surface area contributed by atoms with E-state index in [9.17, 15) is 45.3 Å². The van der Waals surface area contributed by atoms with Crippen LogP contribution in [0.25, 0.3) is 0 Å². The lowest BCUT2D eigenvalue weighted by molar-refractivity contribution is -0.344. The second kappa shape index (κ2) is 18.0. The first-order chi connectivity index (χ1) is 21.5. The van der Waals surface area contributed by atoms with Crippen LogP contribution in [-0.2, 0) is 28.5 Å². The Morgan fingerprint density at radius 3 is 2.13 bits per heavy atom. The molecule has 0 aliphatic carbocycles. The summed E-state index contributed by atoms with van der Waals surface area (Å²) < 4.78 is 27.8. The van der Waals surface area contributed by atoms with Gasteiger partial charge in [0.2, 0.25) is 0 Å². The summed E-state index contributed by atoms with van der Waals surface area (Å²) in [6.07, 6.45) is -8.67. The number of ether oxygens (including phenoxy) is 5. The zero-order valence-corrected chi connectivity index (χ0v) is 25.6. The van der Waals surface area contributed by atoms with Crippen LogP contribution < -0.4 is 5.32 Å². The number of hydrogen-bond donors (Lipinski definition) is 8. The van der Waals surface area contributed by atoms with Crippen molar-refractivity contribution < 1.29 is 69.0 Å². The number of phenolic OH excluding ortho intramolecular Hbond substituents is 1. The van der Waals surface area contributed by atoms with Crippen molar-refractivity contribution in [2.75, 3.05) is 26.9 Å². The minimum atomic E-state index is -1.81. The Bertz CT molecular complexity index is 1070. The number of phenols is 1. The average Bonchev–Trinajstić information content (AvgIpc) is 3.03. The molecule has 10 atom stereocenters. The monoisotopic (exact) mass is 645 g/mol. The van der Waals surface area contributed by atoms with Crippen molar-refractivity contribution in [3.8, 4) is 5.75 Å². The Balaban J connectivity index is 1.75. The predicted octanol–water partition coefficient (Wildman–Crippen LogP) is -1.02. The van der Waals surface area contributed by atoms with Crippen molar-refractivity contribution in [3.63, 3.8) is 0 Å². The first kappa shape index (κ1) is 37.0. The molecule has 0 bridgehead atoms. The van der Waals surface area contributed by atoms with Crippen LogP contribution in [0.15, 0.2) is 18.2 Å². The Hall–Kier alpha value is -2.44. The van der Waals surface area contributed by atoms with E-state index in [-0.39, 0.29) is 23.9 Å². The largest absolute Gasteiger partial charge is 0.507 e. The number of aliphatic hydroxyl groups excluding tert-OH is 6. The molecular weight excluding hydrogens is 598 g/mol. The highest BCUT2D eigenvalue weighted by Crippen LogP contribution is 2.30. The molecule has 7 unspecified atom stereocenters. The van der Waals surface area contributed by atoms with Crippen molar-refractivity contribution >= 4 is 11.9 Å². The fourth-order valence-electron chi connectivity index (χ4n) is 5.30. The van der Waals surface area contributed by atoms with Crippen LogP contribution in [-0.4, -0.2) is 136 Å². The number of aliphatic hydroxyl groups is 6. The standard InChI is InChI=1S/C30H47NO14/c1-16-10-11-18(34)17(13-16)28(40)31-22-27(45-30-26(39)25(38)23(36)19(14-32)44-30)24(37)20(15-33)43-29(22)42-12-8-6-4-3-5-7-9-21(35)41-2/h10-11,13,19-20,22-27,29-30,32-34,36-39H,3-9,12,14-15H2,1-2H3,(H,31,40)/t19?,20?,22?,23-,24+,25?,26?,27?,29+,30?/m0/s1. The van der Waals surface area contributed by atoms with Gasteiger partial charge < -0.3 is 64.7 Å². The minimum Gasteiger partial charge on any atom is -0.507 e. The Morgan fingerprint density at radius 1 is 0.844 bits per heavy atom. The third-order valence-corrected chi connectivity index (χ3v) is 7.97. The number of methoxy groups -OCH3 is 1. The van der Waals surface area contributed by atoms with E-state index in [1.54, 1.807) is 13.0 Å². The van der Waals surface area contributed by atoms with Crippen LogP contribution in [0.3, 0.4) is 0 Å². The lowest BCUT2D eigenvalue weighted by Crippen LogP contribution is -2.68. The number of hydrogen-bond acceptors (Lipinski definition) is 14. The van der Waals surface area contributed by atoms with Gasteiger partial charge in [0.25, 0.3) is 5.91 Å². The molecule has 45 heavy (non-hydrogen) atoms. The number of aromatic hydroxyl groups is 1. The maximum absolute atomic E-state index is 13.4. The highest BCUT2D eigenvalue weighted by Gasteiger charge is 2.51. The molecule has 0 saturated carbocycles. The van der Waals surface area contributed by atoms with Gasteiger partial charge in [0, 0.05) is 13.0 Å². The summed E-state index contributed by atoms with van der Waals surface area (Å²) in [5.74, 6) is -1.31. The van der Waals surface area contributed by atoms with Crippen molar-refractivity contribution in [2.24, 2.45) is 0 Å². The van der Waals surface area contributed by atoms with Gasteiger partial charge in [0.15, 0.2) is 12.6 Å². The maximum atomic E-state index is 13.4. The van der Waals surface area contributed by atoms with Gasteiger partial charge in [-0.2, -0.15) is 0 Å². The van der Waals surface area contributed by atoms with Gasteiger partial charge in [0.1, 0.15) is 54.5 Å². The molecule has 0 spiro atoms. The number of aryl methyl sites for hydroxylation is 1. The SMILES string of the molecule is COC(=O)CCCCCCCCO[C@@H]1OC(CO)[C@@H](O)C(OC2OC(CO)[C@H](O)C(O)C2O)C1NC(=O)c1cc(C)ccc1O. The molecule has 15 heteroatoms. The molecule has 0 radical (unpaired) electrons. The second-order valence-electron chi connectivity index (χ2n) is 11.4. The van der Waals surface area contributed by atoms with E-state index in [1.807, 2.05) is 0 Å². The van der Waals surface area contributed by atoms with E-state index in [0.29, 0.717) is 18.4 Å². The minimum absolute atomic E-state index is 0.0775. The van der Waals surface area contributed by atoms with Crippen molar-refractivity contribution in [1.82, 2.24) is 5.32 Å². The van der Waals surface area contributed by atoms with Gasteiger partial charge in [-0.3, -0.25) is 9.59 Å². The number of amides is 1. The van der Waals surface area contributed by atoms with Gasteiger partial charge in [-0.15, -0.1) is 0 Å². The zero-order chi connectivity index (χ0) is 33.1. The molecule has 8 N–H and O–H groups in total. The van der Waals surface area contributed by atoms with E-state index in [2.05, 4.69) is 10.1 Å². The second-order valence-corrected chi connectivity index (χ2v) is 11.4. The normalized spacial score (nSPS) is 31.8. The van der Waals surface area contributed by atoms with E-state index >= 15 is 0 Å². The van der Waals surface area contributed by atoms with Crippen molar-refractivity contribution in [3.05, 3.63) is 29.3 Å². The van der Waals surface area contributed by atoms with Crippen LogP contribution >= 0.6 is 0 Å². The van der Waals surface area contributed by atoms with Crippen LogP contribution in [0.4, 0.5) is 0 Å². The molecule has 15 nitrogen and oxygen atoms in total. The van der Waals surface area contributed by atoms with Crippen LogP contribution in [0, 0.1) is 6.92 Å². The summed E-state index contributed by atoms with van der Waals surface area (Å²) in [5, 5.41) is 74.7. The topological polar surface area (TPSA) is 234 Å². The molecule has 2 saturated heterocycles. The predicted molar refractivity (Wildman–Crippen MR) is 155 cm³/mol. The molecule has 1 aromatic rings. The quantitative estimate of drug-likeness (QED) is 0.0795. The van der Waals surface area contributed by atoms with Crippen LogP contribution in [0.5, 0.6) is 5.75 Å². The van der Waals surface area contributed by atoms with Crippen molar-refractivity contribution in [2.45, 2.75) is 113 Å². The Kier molecular flexibility index (Phi) is 14.8. The van der Waals surface area contributed by atoms with Gasteiger partial charge in [-0.25, -0.2) is 0 Å². The summed E-state index contributed by atoms with van der Waals surface area (Å²) in [5.41, 5.74) is 0.608. The number of rotatable bonds is 16. The Labute approximate surface area is 261 Å². The van der Waals surface area contributed by atoms with E-state index in [4.69, 9.17) is 18.9 Å². The lowest BCUT2D eigenvalue weighted by Gasteiger charge is -2.47. The van der Waals surface area contributed by atoms with Gasteiger partial charge in [-0.1, -0.05) is 37.3 Å². The van der Waals surface area contributed by atoms with E-state index in [1.165, 1.54) is 19.2 Å². The summed E-state index contributed by atoms with van der Waals surface area (Å²) >= 11 is 0. The number of nitrogens with one attached hydrogen (secondary N) is 1. The van der Waals surface area contributed by atoms with Gasteiger partial charge >= 0.3 is 5.97 Å². The highest BCUT2D eigenvalue weighted by atomic mass is 16.7. The highest BCUT2D eigenvalue weighted by molar-refractivity contribution is 5.97. The Morgan fingerprint density at radius 2 is 1.47 bits per heavy atom. The summed E-state index contributed by atoms with van der Waals surface area (Å²) in [6, 6.07) is 3.13. The maximum Gasteiger partial charge on any atom is 0.305 e. The first-order valence-corrected chi connectivity index (χ1v) is 15.2. The fraction of sp³-hybridized carbons (Fsp3) is 0.733. The zero-order valence-electron chi connectivity index (χ0n) is 25.6. The first-order valence-electron chi connectivity index (χ1n) is 15.2. The van der Waals surface area contributed by atoms with E-state index in [0.717, 1.165) is 32.1 Å². The molecule has 256 valence electrons. The molecule has 2 aliphatic rings. The fourth-order valence-corrected chi connectivity index (χ4v) is 5.30.